The summed E-state index contributed by atoms with van der Waals surface area (Å²) in [6.45, 7) is 1.78. The van der Waals surface area contributed by atoms with Crippen molar-refractivity contribution in [1.29, 1.82) is 5.26 Å². The van der Waals surface area contributed by atoms with Crippen LogP contribution in [0.15, 0.2) is 54.6 Å². The minimum Gasteiger partial charge on any atom is -0.340 e. The van der Waals surface area contributed by atoms with E-state index in [1.165, 1.54) is 15.6 Å². The molecule has 1 aliphatic carbocycles. The molecular formula is C30H27F3N6O5S. The molecule has 0 spiro atoms. The zero-order valence-corrected chi connectivity index (χ0v) is 24.7. The van der Waals surface area contributed by atoms with Gasteiger partial charge in [0.1, 0.15) is 23.8 Å². The first-order valence-corrected chi connectivity index (χ1v) is 16.1. The summed E-state index contributed by atoms with van der Waals surface area (Å²) < 4.78 is 66.5. The van der Waals surface area contributed by atoms with Gasteiger partial charge in [0.05, 0.1) is 23.1 Å². The van der Waals surface area contributed by atoms with E-state index >= 15 is 0 Å². The van der Waals surface area contributed by atoms with Gasteiger partial charge >= 0.3 is 6.18 Å². The Balaban J connectivity index is 1.50. The van der Waals surface area contributed by atoms with Crippen molar-refractivity contribution in [1.82, 2.24) is 20.0 Å². The van der Waals surface area contributed by atoms with Gasteiger partial charge in [-0.15, -0.1) is 0 Å². The van der Waals surface area contributed by atoms with Crippen LogP contribution in [0.1, 0.15) is 57.7 Å². The number of carbonyl (C=O) groups is 3. The fraction of sp³-hybridized carbons (Fsp3) is 0.367. The second-order valence-corrected chi connectivity index (χ2v) is 13.3. The lowest BCUT2D eigenvalue weighted by atomic mass is 9.82. The minimum atomic E-state index is -4.69. The molecule has 1 saturated heterocycles. The van der Waals surface area contributed by atoms with Crippen molar-refractivity contribution in [2.24, 2.45) is 5.92 Å². The number of likely N-dealkylation sites (N-methyl/N-ethyl adjacent to an activating group) is 1. The number of amides is 3. The summed E-state index contributed by atoms with van der Waals surface area (Å²) in [7, 11) is -3.74. The highest BCUT2D eigenvalue weighted by Gasteiger charge is 2.53. The number of alkyl halides is 3. The number of anilines is 1. The summed E-state index contributed by atoms with van der Waals surface area (Å²) in [6, 6.07) is 11.9. The number of hydrogen-bond acceptors (Lipinski definition) is 7. The molecule has 3 aromatic rings. The first-order valence-electron chi connectivity index (χ1n) is 14.2. The van der Waals surface area contributed by atoms with Crippen LogP contribution in [0.2, 0.25) is 0 Å². The van der Waals surface area contributed by atoms with Crippen LogP contribution in [0.3, 0.4) is 0 Å². The number of nitriles is 1. The van der Waals surface area contributed by atoms with Crippen molar-refractivity contribution in [3.05, 3.63) is 77.0 Å². The van der Waals surface area contributed by atoms with Gasteiger partial charge in [0.2, 0.25) is 0 Å². The quantitative estimate of drug-likeness (QED) is 0.435. The average Bonchev–Trinajstić information content (AvgIpc) is 3.70. The van der Waals surface area contributed by atoms with Gasteiger partial charge < -0.3 is 10.2 Å². The van der Waals surface area contributed by atoms with Gasteiger partial charge in [-0.3, -0.25) is 19.3 Å². The number of hydrogen-bond donors (Lipinski definition) is 1. The molecule has 3 atom stereocenters. The molecule has 0 unspecified atom stereocenters. The van der Waals surface area contributed by atoms with Crippen LogP contribution < -0.4 is 10.2 Å². The molecule has 45 heavy (non-hydrogen) atoms. The Hall–Kier alpha value is -4.71. The molecule has 0 radical (unpaired) electrons. The molecule has 15 heteroatoms. The molecular weight excluding hydrogens is 613 g/mol. The highest BCUT2D eigenvalue weighted by molar-refractivity contribution is 7.91. The molecule has 1 N–H and O–H groups in total. The van der Waals surface area contributed by atoms with Gasteiger partial charge in [-0.2, -0.15) is 23.5 Å². The highest BCUT2D eigenvalue weighted by Crippen LogP contribution is 2.52. The number of carbonyl (C=O) groups excluding carboxylic acids is 3. The molecule has 6 rings (SSSR count). The summed E-state index contributed by atoms with van der Waals surface area (Å²) in [5, 5.41) is 16.9. The van der Waals surface area contributed by atoms with Gasteiger partial charge in [0, 0.05) is 23.6 Å². The van der Waals surface area contributed by atoms with Crippen LogP contribution >= 0.6 is 0 Å². The number of fused-ring (bicyclic) bond motifs is 1. The number of halogens is 3. The maximum Gasteiger partial charge on any atom is 0.416 e. The van der Waals surface area contributed by atoms with Gasteiger partial charge in [-0.05, 0) is 56.0 Å². The Bertz CT molecular complexity index is 1850. The summed E-state index contributed by atoms with van der Waals surface area (Å²) in [6.07, 6.45) is -3.40. The monoisotopic (exact) mass is 640 g/mol. The van der Waals surface area contributed by atoms with E-state index in [-0.39, 0.29) is 29.5 Å². The van der Waals surface area contributed by atoms with Gasteiger partial charge in [-0.25, -0.2) is 13.1 Å². The Morgan fingerprint density at radius 2 is 1.82 bits per heavy atom. The van der Waals surface area contributed by atoms with Crippen molar-refractivity contribution < 1.29 is 36.0 Å². The summed E-state index contributed by atoms with van der Waals surface area (Å²) in [4.78, 5) is 43.9. The zero-order valence-electron chi connectivity index (χ0n) is 23.9. The summed E-state index contributed by atoms with van der Waals surface area (Å²) in [5.74, 6) is -4.18. The van der Waals surface area contributed by atoms with Crippen LogP contribution in [-0.4, -0.2) is 71.1 Å². The fourth-order valence-electron chi connectivity index (χ4n) is 6.10. The number of nitrogens with one attached hydrogen (secondary N) is 1. The Kier molecular flexibility index (Phi) is 7.43. The maximum absolute atomic E-state index is 14.1. The minimum absolute atomic E-state index is 0.0875. The van der Waals surface area contributed by atoms with Crippen molar-refractivity contribution >= 4 is 33.4 Å². The Morgan fingerprint density at radius 3 is 2.44 bits per heavy atom. The van der Waals surface area contributed by atoms with E-state index in [0.717, 1.165) is 17.0 Å². The second-order valence-electron chi connectivity index (χ2n) is 11.3. The van der Waals surface area contributed by atoms with Gasteiger partial charge in [-0.1, -0.05) is 24.3 Å². The largest absolute Gasteiger partial charge is 0.416 e. The van der Waals surface area contributed by atoms with Crippen LogP contribution in [0, 0.1) is 17.2 Å². The van der Waals surface area contributed by atoms with Crippen molar-refractivity contribution in [2.45, 2.75) is 43.9 Å². The lowest BCUT2D eigenvalue weighted by Gasteiger charge is -2.38. The maximum atomic E-state index is 14.1. The molecule has 3 amide bonds. The number of benzene rings is 2. The molecule has 2 aromatic carbocycles. The highest BCUT2D eigenvalue weighted by atomic mass is 32.2. The second kappa shape index (κ2) is 11.0. The molecule has 234 valence electrons. The number of para-hydroxylation sites is 1. The number of aromatic nitrogens is 2. The molecule has 2 fully saturated rings. The smallest absolute Gasteiger partial charge is 0.340 e. The lowest BCUT2D eigenvalue weighted by Crippen LogP contribution is -2.56. The standard InChI is InChI=1S/C30H27F3N6O5S/c1-2-37-27-23(22(17-11-12-17)24(28(37)41)35-26(40)18-7-6-8-19(13-18)30(31,32)33)25(36-39(27)20-9-4-3-5-10-20)29(42)38-16-45(43,44)15-21(38)14-34/h3-10,13,17,21-22,24H,2,11-12,15-16H2,1H3,(H,35,40)/t21-,22-,24-/m0/s1. The van der Waals surface area contributed by atoms with E-state index < -0.39 is 68.9 Å². The van der Waals surface area contributed by atoms with Gasteiger partial charge in [0.15, 0.2) is 15.5 Å². The number of sulfone groups is 1. The van der Waals surface area contributed by atoms with E-state index in [1.807, 2.05) is 6.07 Å². The average molecular weight is 641 g/mol. The summed E-state index contributed by atoms with van der Waals surface area (Å²) >= 11 is 0. The van der Waals surface area contributed by atoms with Crippen LogP contribution in [0.4, 0.5) is 19.0 Å². The molecule has 11 nitrogen and oxygen atoms in total. The van der Waals surface area contributed by atoms with Gasteiger partial charge in [0.25, 0.3) is 17.7 Å². The van der Waals surface area contributed by atoms with Crippen LogP contribution in [0.25, 0.3) is 5.69 Å². The number of nitrogens with zero attached hydrogens (tertiary/aromatic N) is 5. The first-order chi connectivity index (χ1) is 21.3. The Morgan fingerprint density at radius 1 is 1.11 bits per heavy atom. The topological polar surface area (TPSA) is 145 Å². The van der Waals surface area contributed by atoms with E-state index in [9.17, 15) is 41.2 Å². The SMILES string of the molecule is CCN1C(=O)[C@@H](NC(=O)c2cccc(C(F)(F)F)c2)[C@@H](C2CC2)c2c(C(=O)N3CS(=O)(=O)C[C@@H]3C#N)nn(-c3ccccc3)c21. The molecule has 2 aliphatic heterocycles. The molecule has 3 heterocycles. The van der Waals surface area contributed by atoms with Crippen molar-refractivity contribution in [3.8, 4) is 11.8 Å². The van der Waals surface area contributed by atoms with Crippen LogP contribution in [-0.2, 0) is 20.8 Å². The van der Waals surface area contributed by atoms with Crippen LogP contribution in [0.5, 0.6) is 0 Å². The Labute approximate surface area is 256 Å². The molecule has 1 saturated carbocycles. The van der Waals surface area contributed by atoms with E-state index in [1.54, 1.807) is 37.3 Å². The molecule has 1 aromatic heterocycles. The lowest BCUT2D eigenvalue weighted by molar-refractivity contribution is -0.137. The predicted octanol–water partition coefficient (Wildman–Crippen LogP) is 3.27. The van der Waals surface area contributed by atoms with E-state index in [4.69, 9.17) is 0 Å². The van der Waals surface area contributed by atoms with E-state index in [2.05, 4.69) is 10.4 Å². The van der Waals surface area contributed by atoms with Crippen molar-refractivity contribution in [3.63, 3.8) is 0 Å². The zero-order chi connectivity index (χ0) is 32.3. The first kappa shape index (κ1) is 30.3. The number of rotatable bonds is 6. The van der Waals surface area contributed by atoms with E-state index in [0.29, 0.717) is 30.2 Å². The molecule has 3 aliphatic rings. The molecule has 0 bridgehead atoms. The third-order valence-corrected chi connectivity index (χ3v) is 9.79. The fourth-order valence-corrected chi connectivity index (χ4v) is 7.66. The van der Waals surface area contributed by atoms with Crippen molar-refractivity contribution in [2.75, 3.05) is 23.1 Å². The normalized spacial score (nSPS) is 22.6. The third-order valence-electron chi connectivity index (χ3n) is 8.30. The summed E-state index contributed by atoms with van der Waals surface area (Å²) in [5.41, 5.74) is -0.663. The predicted molar refractivity (Wildman–Crippen MR) is 154 cm³/mol. The third kappa shape index (κ3) is 5.43.